The van der Waals surface area contributed by atoms with Crippen LogP contribution < -0.4 is 11.2 Å². The van der Waals surface area contributed by atoms with Gasteiger partial charge in [0.1, 0.15) is 0 Å². The highest BCUT2D eigenvalue weighted by molar-refractivity contribution is 6.31. The van der Waals surface area contributed by atoms with Gasteiger partial charge in [-0.1, -0.05) is 17.7 Å². The van der Waals surface area contributed by atoms with E-state index < -0.39 is 11.8 Å². The second-order valence-corrected chi connectivity index (χ2v) is 3.51. The molecule has 0 saturated heterocycles. The highest BCUT2D eigenvalue weighted by Gasteiger charge is 2.10. The van der Waals surface area contributed by atoms with Gasteiger partial charge in [-0.25, -0.2) is 5.48 Å². The average molecular weight is 243 g/mol. The standard InChI is InChI=1S/C10H11ClN2O3/c1-6-7(3-2-4-8(6)11)10(15)13-16-5-9(12)14/h2-4H,5H2,1H3,(H2,12,14)(H,13,15). The van der Waals surface area contributed by atoms with E-state index >= 15 is 0 Å². The van der Waals surface area contributed by atoms with Crippen LogP contribution in [0.1, 0.15) is 15.9 Å². The largest absolute Gasteiger partial charge is 0.368 e. The molecule has 0 aromatic heterocycles. The van der Waals surface area contributed by atoms with E-state index in [9.17, 15) is 9.59 Å². The monoisotopic (exact) mass is 242 g/mol. The molecule has 0 aliphatic rings. The van der Waals surface area contributed by atoms with Gasteiger partial charge in [0, 0.05) is 10.6 Å². The van der Waals surface area contributed by atoms with E-state index in [0.29, 0.717) is 16.1 Å². The molecule has 0 saturated carbocycles. The summed E-state index contributed by atoms with van der Waals surface area (Å²) in [4.78, 5) is 26.5. The first kappa shape index (κ1) is 12.5. The first-order chi connectivity index (χ1) is 7.52. The summed E-state index contributed by atoms with van der Waals surface area (Å²) in [5.74, 6) is -1.13. The molecule has 1 aromatic carbocycles. The molecule has 0 spiro atoms. The van der Waals surface area contributed by atoms with Gasteiger partial charge in [-0.15, -0.1) is 0 Å². The summed E-state index contributed by atoms with van der Waals surface area (Å²) in [7, 11) is 0. The van der Waals surface area contributed by atoms with Crippen molar-refractivity contribution < 1.29 is 14.4 Å². The molecule has 0 unspecified atom stereocenters. The fourth-order valence-corrected chi connectivity index (χ4v) is 1.26. The lowest BCUT2D eigenvalue weighted by Crippen LogP contribution is -2.29. The van der Waals surface area contributed by atoms with Crippen LogP contribution in [0.15, 0.2) is 18.2 Å². The van der Waals surface area contributed by atoms with E-state index in [-0.39, 0.29) is 6.61 Å². The number of hydroxylamine groups is 1. The first-order valence-corrected chi connectivity index (χ1v) is 4.85. The maximum Gasteiger partial charge on any atom is 0.275 e. The fourth-order valence-electron chi connectivity index (χ4n) is 1.08. The molecule has 0 radical (unpaired) electrons. The summed E-state index contributed by atoms with van der Waals surface area (Å²) in [6.07, 6.45) is 0. The molecule has 0 heterocycles. The Balaban J connectivity index is 2.66. The van der Waals surface area contributed by atoms with E-state index in [1.54, 1.807) is 25.1 Å². The van der Waals surface area contributed by atoms with E-state index in [0.717, 1.165) is 0 Å². The number of hydrogen-bond donors (Lipinski definition) is 2. The summed E-state index contributed by atoms with van der Waals surface area (Å²) in [5.41, 5.74) is 7.96. The predicted molar refractivity (Wildman–Crippen MR) is 58.8 cm³/mol. The van der Waals surface area contributed by atoms with Crippen molar-refractivity contribution in [2.45, 2.75) is 6.92 Å². The van der Waals surface area contributed by atoms with Gasteiger partial charge >= 0.3 is 0 Å². The number of primary amides is 1. The Morgan fingerprint density at radius 2 is 2.19 bits per heavy atom. The molecule has 86 valence electrons. The smallest absolute Gasteiger partial charge is 0.275 e. The molecule has 0 aliphatic carbocycles. The van der Waals surface area contributed by atoms with Gasteiger partial charge < -0.3 is 5.73 Å². The molecule has 0 atom stereocenters. The molecule has 1 aromatic rings. The van der Waals surface area contributed by atoms with Crippen molar-refractivity contribution >= 4 is 23.4 Å². The Morgan fingerprint density at radius 3 is 2.81 bits per heavy atom. The van der Waals surface area contributed by atoms with Gasteiger partial charge in [0.25, 0.3) is 5.91 Å². The SMILES string of the molecule is Cc1c(Cl)cccc1C(=O)NOCC(N)=O. The van der Waals surface area contributed by atoms with E-state index in [2.05, 4.69) is 10.3 Å². The molecule has 16 heavy (non-hydrogen) atoms. The zero-order valence-corrected chi connectivity index (χ0v) is 9.38. The number of halogens is 1. The first-order valence-electron chi connectivity index (χ1n) is 4.48. The minimum atomic E-state index is -0.664. The van der Waals surface area contributed by atoms with Gasteiger partial charge in [0.05, 0.1) is 0 Å². The number of nitrogens with one attached hydrogen (secondary N) is 1. The molecule has 5 nitrogen and oxygen atoms in total. The molecule has 1 rings (SSSR count). The van der Waals surface area contributed by atoms with Crippen LogP contribution in [0, 0.1) is 6.92 Å². The predicted octanol–water partition coefficient (Wildman–Crippen LogP) is 0.795. The van der Waals surface area contributed by atoms with Crippen LogP contribution in [0.25, 0.3) is 0 Å². The third kappa shape index (κ3) is 3.22. The summed E-state index contributed by atoms with van der Waals surface area (Å²) in [6.45, 7) is 1.34. The zero-order valence-electron chi connectivity index (χ0n) is 8.62. The average Bonchev–Trinajstić information content (AvgIpc) is 2.21. The summed E-state index contributed by atoms with van der Waals surface area (Å²) < 4.78 is 0. The second kappa shape index (κ2) is 5.48. The number of rotatable bonds is 4. The normalized spacial score (nSPS) is 9.88. The lowest BCUT2D eigenvalue weighted by molar-refractivity contribution is -0.124. The Kier molecular flexibility index (Phi) is 4.28. The maximum atomic E-state index is 11.6. The third-order valence-electron chi connectivity index (χ3n) is 1.89. The highest BCUT2D eigenvalue weighted by atomic mass is 35.5. The van der Waals surface area contributed by atoms with Crippen molar-refractivity contribution in [3.05, 3.63) is 34.3 Å². The lowest BCUT2D eigenvalue weighted by atomic mass is 10.1. The van der Waals surface area contributed by atoms with E-state index in [4.69, 9.17) is 17.3 Å². The van der Waals surface area contributed by atoms with Crippen LogP contribution in [-0.4, -0.2) is 18.4 Å². The van der Waals surface area contributed by atoms with Crippen LogP contribution in [-0.2, 0) is 9.63 Å². The van der Waals surface area contributed by atoms with Crippen molar-refractivity contribution in [3.8, 4) is 0 Å². The van der Waals surface area contributed by atoms with Crippen LogP contribution in [0.5, 0.6) is 0 Å². The molecule has 0 bridgehead atoms. The summed E-state index contributed by atoms with van der Waals surface area (Å²) >= 11 is 5.85. The number of carbonyl (C=O) groups is 2. The van der Waals surface area contributed by atoms with Gasteiger partial charge in [-0.3, -0.25) is 14.4 Å². The second-order valence-electron chi connectivity index (χ2n) is 3.10. The van der Waals surface area contributed by atoms with Crippen molar-refractivity contribution in [3.63, 3.8) is 0 Å². The van der Waals surface area contributed by atoms with Gasteiger partial charge in [0.15, 0.2) is 6.61 Å². The van der Waals surface area contributed by atoms with Crippen molar-refractivity contribution in [1.29, 1.82) is 0 Å². The Morgan fingerprint density at radius 1 is 1.50 bits per heavy atom. The van der Waals surface area contributed by atoms with Crippen molar-refractivity contribution in [2.24, 2.45) is 5.73 Å². The zero-order chi connectivity index (χ0) is 12.1. The number of nitrogens with two attached hydrogens (primary N) is 1. The topological polar surface area (TPSA) is 81.4 Å². The molecule has 0 aliphatic heterocycles. The van der Waals surface area contributed by atoms with Gasteiger partial charge in [-0.2, -0.15) is 0 Å². The van der Waals surface area contributed by atoms with Crippen LogP contribution in [0.4, 0.5) is 0 Å². The molecule has 3 N–H and O–H groups in total. The number of benzene rings is 1. The Bertz CT molecular complexity index is 421. The van der Waals surface area contributed by atoms with E-state index in [1.807, 2.05) is 0 Å². The molecular weight excluding hydrogens is 232 g/mol. The van der Waals surface area contributed by atoms with Crippen LogP contribution in [0.2, 0.25) is 5.02 Å². The van der Waals surface area contributed by atoms with Crippen LogP contribution in [0.3, 0.4) is 0 Å². The summed E-state index contributed by atoms with van der Waals surface area (Å²) in [6, 6.07) is 4.93. The van der Waals surface area contributed by atoms with Crippen LogP contribution >= 0.6 is 11.6 Å². The molecule has 6 heteroatoms. The molecule has 2 amide bonds. The van der Waals surface area contributed by atoms with Gasteiger partial charge in [-0.05, 0) is 24.6 Å². The maximum absolute atomic E-state index is 11.6. The minimum Gasteiger partial charge on any atom is -0.368 e. The number of amides is 2. The summed E-state index contributed by atoms with van der Waals surface area (Å²) in [5, 5.41) is 0.488. The lowest BCUT2D eigenvalue weighted by Gasteiger charge is -2.07. The number of hydrogen-bond acceptors (Lipinski definition) is 3. The highest BCUT2D eigenvalue weighted by Crippen LogP contribution is 2.18. The Hall–Kier alpha value is -1.59. The van der Waals surface area contributed by atoms with Crippen molar-refractivity contribution in [1.82, 2.24) is 5.48 Å². The minimum absolute atomic E-state index is 0.370. The van der Waals surface area contributed by atoms with Crippen molar-refractivity contribution in [2.75, 3.05) is 6.61 Å². The fraction of sp³-hybridized carbons (Fsp3) is 0.200. The third-order valence-corrected chi connectivity index (χ3v) is 2.30. The Labute approximate surface area is 97.5 Å². The molecule has 0 fully saturated rings. The molecular formula is C10H11ClN2O3. The van der Waals surface area contributed by atoms with Gasteiger partial charge in [0.2, 0.25) is 5.91 Å². The van der Waals surface area contributed by atoms with E-state index in [1.165, 1.54) is 0 Å². The quantitative estimate of drug-likeness (QED) is 0.766. The number of carbonyl (C=O) groups excluding carboxylic acids is 2.